The van der Waals surface area contributed by atoms with Gasteiger partial charge in [-0.3, -0.25) is 4.79 Å². The van der Waals surface area contributed by atoms with E-state index < -0.39 is 10.0 Å². The summed E-state index contributed by atoms with van der Waals surface area (Å²) in [6.07, 6.45) is 3.14. The number of hydrogen-bond donors (Lipinski definition) is 2. The number of piperidine rings is 1. The van der Waals surface area contributed by atoms with Crippen molar-refractivity contribution >= 4 is 15.9 Å². The van der Waals surface area contributed by atoms with Gasteiger partial charge in [-0.25, -0.2) is 13.1 Å². The molecule has 1 aromatic rings. The second kappa shape index (κ2) is 7.90. The molecule has 1 saturated heterocycles. The molecule has 0 aromatic heterocycles. The zero-order valence-corrected chi connectivity index (χ0v) is 14.5. The molecule has 23 heavy (non-hydrogen) atoms. The number of hydrogen-bond acceptors (Lipinski definition) is 4. The fourth-order valence-electron chi connectivity index (χ4n) is 2.69. The van der Waals surface area contributed by atoms with Crippen LogP contribution in [-0.4, -0.2) is 53.0 Å². The Morgan fingerprint density at radius 3 is 2.57 bits per heavy atom. The van der Waals surface area contributed by atoms with E-state index in [-0.39, 0.29) is 10.8 Å². The summed E-state index contributed by atoms with van der Waals surface area (Å²) in [7, 11) is -0.196. The summed E-state index contributed by atoms with van der Waals surface area (Å²) in [5.41, 5.74) is 0.474. The van der Waals surface area contributed by atoms with E-state index in [2.05, 4.69) is 10.0 Å². The first-order valence-corrected chi connectivity index (χ1v) is 9.40. The molecule has 6 nitrogen and oxygen atoms in total. The van der Waals surface area contributed by atoms with Gasteiger partial charge in [-0.15, -0.1) is 0 Å². The smallest absolute Gasteiger partial charge is 0.253 e. The van der Waals surface area contributed by atoms with Crippen molar-refractivity contribution in [3.05, 3.63) is 29.8 Å². The van der Waals surface area contributed by atoms with Crippen LogP contribution in [0.3, 0.4) is 0 Å². The standard InChI is InChI=1S/C16H25N3O3S/c1-19(2)16(20)14-5-7-15(8-6-14)23(21,22)18-11-9-13-4-3-10-17-12-13/h5-8,13,17-18H,3-4,9-12H2,1-2H3. The molecule has 0 saturated carbocycles. The van der Waals surface area contributed by atoms with E-state index in [9.17, 15) is 13.2 Å². The van der Waals surface area contributed by atoms with Gasteiger partial charge in [0, 0.05) is 26.2 Å². The van der Waals surface area contributed by atoms with Gasteiger partial charge in [-0.05, 0) is 62.5 Å². The molecule has 0 bridgehead atoms. The summed E-state index contributed by atoms with van der Waals surface area (Å²) in [6.45, 7) is 2.45. The van der Waals surface area contributed by atoms with Gasteiger partial charge in [0.2, 0.25) is 10.0 Å². The third-order valence-electron chi connectivity index (χ3n) is 4.06. The molecule has 1 aromatic carbocycles. The molecule has 1 aliphatic heterocycles. The van der Waals surface area contributed by atoms with Gasteiger partial charge in [0.15, 0.2) is 0 Å². The predicted molar refractivity (Wildman–Crippen MR) is 89.9 cm³/mol. The highest BCUT2D eigenvalue weighted by atomic mass is 32.2. The molecule has 7 heteroatoms. The van der Waals surface area contributed by atoms with Gasteiger partial charge < -0.3 is 10.2 Å². The van der Waals surface area contributed by atoms with Crippen LogP contribution in [0, 0.1) is 5.92 Å². The van der Waals surface area contributed by atoms with E-state index in [1.165, 1.54) is 17.0 Å². The number of carbonyl (C=O) groups is 1. The summed E-state index contributed by atoms with van der Waals surface area (Å²) in [5, 5.41) is 3.33. The van der Waals surface area contributed by atoms with E-state index in [4.69, 9.17) is 0 Å². The van der Waals surface area contributed by atoms with Crippen molar-refractivity contribution < 1.29 is 13.2 Å². The Morgan fingerprint density at radius 2 is 2.00 bits per heavy atom. The number of rotatable bonds is 6. The van der Waals surface area contributed by atoms with Crippen molar-refractivity contribution in [2.24, 2.45) is 5.92 Å². The van der Waals surface area contributed by atoms with Crippen molar-refractivity contribution in [2.45, 2.75) is 24.2 Å². The predicted octanol–water partition coefficient (Wildman–Crippen LogP) is 1.06. The van der Waals surface area contributed by atoms with Gasteiger partial charge in [0.05, 0.1) is 4.90 Å². The average Bonchev–Trinajstić information content (AvgIpc) is 2.55. The van der Waals surface area contributed by atoms with Crippen LogP contribution in [-0.2, 0) is 10.0 Å². The van der Waals surface area contributed by atoms with Crippen LogP contribution in [0.1, 0.15) is 29.6 Å². The first-order valence-electron chi connectivity index (χ1n) is 7.92. The Morgan fingerprint density at radius 1 is 1.30 bits per heavy atom. The lowest BCUT2D eigenvalue weighted by Crippen LogP contribution is -2.33. The third-order valence-corrected chi connectivity index (χ3v) is 5.54. The number of nitrogens with one attached hydrogen (secondary N) is 2. The Labute approximate surface area is 138 Å². The molecule has 1 aliphatic rings. The van der Waals surface area contributed by atoms with Crippen LogP contribution >= 0.6 is 0 Å². The van der Waals surface area contributed by atoms with Crippen molar-refractivity contribution in [3.63, 3.8) is 0 Å². The van der Waals surface area contributed by atoms with Crippen LogP contribution in [0.4, 0.5) is 0 Å². The second-order valence-electron chi connectivity index (χ2n) is 6.12. The zero-order valence-electron chi connectivity index (χ0n) is 13.7. The fourth-order valence-corrected chi connectivity index (χ4v) is 3.73. The number of amides is 1. The molecule has 1 fully saturated rings. The zero-order chi connectivity index (χ0) is 16.9. The number of sulfonamides is 1. The minimum Gasteiger partial charge on any atom is -0.345 e. The molecule has 1 heterocycles. The van der Waals surface area contributed by atoms with E-state index in [0.29, 0.717) is 18.0 Å². The minimum atomic E-state index is -3.52. The largest absolute Gasteiger partial charge is 0.345 e. The fraction of sp³-hybridized carbons (Fsp3) is 0.562. The van der Waals surface area contributed by atoms with Crippen LogP contribution in [0.5, 0.6) is 0 Å². The minimum absolute atomic E-state index is 0.147. The van der Waals surface area contributed by atoms with Gasteiger partial charge in [0.25, 0.3) is 5.91 Å². The topological polar surface area (TPSA) is 78.5 Å². The van der Waals surface area contributed by atoms with Crippen molar-refractivity contribution in [1.82, 2.24) is 14.9 Å². The summed E-state index contributed by atoms with van der Waals surface area (Å²) in [4.78, 5) is 13.5. The monoisotopic (exact) mass is 339 g/mol. The Kier molecular flexibility index (Phi) is 6.15. The molecule has 128 valence electrons. The quantitative estimate of drug-likeness (QED) is 0.812. The lowest BCUT2D eigenvalue weighted by Gasteiger charge is -2.22. The summed E-state index contributed by atoms with van der Waals surface area (Å²) < 4.78 is 27.2. The maximum atomic E-state index is 12.3. The third kappa shape index (κ3) is 5.02. The first kappa shape index (κ1) is 17.9. The van der Waals surface area contributed by atoms with Gasteiger partial charge in [0.1, 0.15) is 0 Å². The van der Waals surface area contributed by atoms with Crippen molar-refractivity contribution in [2.75, 3.05) is 33.7 Å². The highest BCUT2D eigenvalue weighted by molar-refractivity contribution is 7.89. The normalized spacial score (nSPS) is 18.6. The Bertz CT molecular complexity index is 620. The van der Waals surface area contributed by atoms with Gasteiger partial charge >= 0.3 is 0 Å². The molecular weight excluding hydrogens is 314 g/mol. The lowest BCUT2D eigenvalue weighted by atomic mass is 9.96. The van der Waals surface area contributed by atoms with Crippen LogP contribution in [0.15, 0.2) is 29.2 Å². The first-order chi connectivity index (χ1) is 10.9. The molecule has 0 radical (unpaired) electrons. The van der Waals surface area contributed by atoms with E-state index in [1.54, 1.807) is 26.2 Å². The molecule has 1 unspecified atom stereocenters. The van der Waals surface area contributed by atoms with Gasteiger partial charge in [-0.2, -0.15) is 0 Å². The summed E-state index contributed by atoms with van der Waals surface area (Å²) in [5.74, 6) is 0.387. The van der Waals surface area contributed by atoms with Crippen molar-refractivity contribution in [1.29, 1.82) is 0 Å². The molecular formula is C16H25N3O3S. The maximum Gasteiger partial charge on any atom is 0.253 e. The molecule has 2 N–H and O–H groups in total. The van der Waals surface area contributed by atoms with E-state index >= 15 is 0 Å². The molecule has 1 amide bonds. The van der Waals surface area contributed by atoms with Crippen LogP contribution < -0.4 is 10.0 Å². The number of benzene rings is 1. The Hall–Kier alpha value is -1.44. The summed E-state index contributed by atoms with van der Waals surface area (Å²) >= 11 is 0. The SMILES string of the molecule is CN(C)C(=O)c1ccc(S(=O)(=O)NCCC2CCCNC2)cc1. The van der Waals surface area contributed by atoms with E-state index in [1.807, 2.05) is 0 Å². The average molecular weight is 339 g/mol. The van der Waals surface area contributed by atoms with Gasteiger partial charge in [-0.1, -0.05) is 0 Å². The highest BCUT2D eigenvalue weighted by Crippen LogP contribution is 2.15. The highest BCUT2D eigenvalue weighted by Gasteiger charge is 2.17. The Balaban J connectivity index is 1.92. The van der Waals surface area contributed by atoms with Crippen molar-refractivity contribution in [3.8, 4) is 0 Å². The number of nitrogens with zero attached hydrogens (tertiary/aromatic N) is 1. The van der Waals surface area contributed by atoms with E-state index in [0.717, 1.165) is 32.4 Å². The van der Waals surface area contributed by atoms with Crippen LogP contribution in [0.2, 0.25) is 0 Å². The summed E-state index contributed by atoms with van der Waals surface area (Å²) in [6, 6.07) is 6.03. The molecule has 2 rings (SSSR count). The lowest BCUT2D eigenvalue weighted by molar-refractivity contribution is 0.0827. The molecule has 0 aliphatic carbocycles. The van der Waals surface area contributed by atoms with Crippen LogP contribution in [0.25, 0.3) is 0 Å². The second-order valence-corrected chi connectivity index (χ2v) is 7.89. The molecule has 1 atom stereocenters. The number of carbonyl (C=O) groups excluding carboxylic acids is 1. The maximum absolute atomic E-state index is 12.3. The molecule has 0 spiro atoms.